The number of para-hydroxylation sites is 2. The third-order valence-electron chi connectivity index (χ3n) is 3.12. The lowest BCUT2D eigenvalue weighted by atomic mass is 10.3. The van der Waals surface area contributed by atoms with Crippen molar-refractivity contribution in [2.75, 3.05) is 38.5 Å². The molecular weight excluding hydrogens is 260 g/mol. The van der Waals surface area contributed by atoms with Gasteiger partial charge >= 0.3 is 11.8 Å². The number of rotatable bonds is 2. The molecule has 7 nitrogen and oxygen atoms in total. The maximum Gasteiger partial charge on any atom is 0.323 e. The number of amides is 2. The molecule has 1 fully saturated rings. The predicted octanol–water partition coefficient (Wildman–Crippen LogP) is -0.391. The second-order valence-electron chi connectivity index (χ2n) is 4.70. The van der Waals surface area contributed by atoms with E-state index in [0.29, 0.717) is 13.1 Å². The van der Waals surface area contributed by atoms with Crippen LogP contribution in [-0.2, 0) is 9.59 Å². The second kappa shape index (κ2) is 6.36. The lowest BCUT2D eigenvalue weighted by Gasteiger charge is -2.32. The third kappa shape index (κ3) is 3.69. The summed E-state index contributed by atoms with van der Waals surface area (Å²) < 4.78 is 0. The van der Waals surface area contributed by atoms with Crippen molar-refractivity contribution in [3.8, 4) is 5.75 Å². The Hall–Kier alpha value is -2.12. The van der Waals surface area contributed by atoms with Crippen molar-refractivity contribution in [1.82, 2.24) is 15.3 Å². The van der Waals surface area contributed by atoms with Crippen molar-refractivity contribution in [3.63, 3.8) is 0 Å². The number of hydrazine groups is 1. The van der Waals surface area contributed by atoms with Crippen molar-refractivity contribution in [1.29, 1.82) is 0 Å². The van der Waals surface area contributed by atoms with Gasteiger partial charge in [0.15, 0.2) is 0 Å². The Balaban J connectivity index is 1.86. The quantitative estimate of drug-likeness (QED) is 0.507. The van der Waals surface area contributed by atoms with Crippen LogP contribution in [0.2, 0.25) is 0 Å². The Morgan fingerprint density at radius 3 is 2.40 bits per heavy atom. The molecule has 0 atom stereocenters. The lowest BCUT2D eigenvalue weighted by Crippen LogP contribution is -2.54. The summed E-state index contributed by atoms with van der Waals surface area (Å²) in [5.74, 6) is -1.61. The molecule has 0 radical (unpaired) electrons. The molecular formula is C13H18N4O3. The number of nitrogens with one attached hydrogen (secondary N) is 2. The Bertz CT molecular complexity index is 498. The molecule has 1 saturated heterocycles. The van der Waals surface area contributed by atoms with E-state index in [1.54, 1.807) is 17.1 Å². The first kappa shape index (κ1) is 14.3. The van der Waals surface area contributed by atoms with E-state index in [1.807, 2.05) is 7.05 Å². The zero-order valence-corrected chi connectivity index (χ0v) is 11.3. The highest BCUT2D eigenvalue weighted by Gasteiger charge is 2.20. The van der Waals surface area contributed by atoms with Crippen LogP contribution in [0, 0.1) is 0 Å². The summed E-state index contributed by atoms with van der Waals surface area (Å²) in [6, 6.07) is 6.26. The molecule has 0 unspecified atom stereocenters. The van der Waals surface area contributed by atoms with Crippen LogP contribution in [0.1, 0.15) is 0 Å². The number of anilines is 1. The minimum Gasteiger partial charge on any atom is -0.506 e. The molecule has 2 rings (SSSR count). The highest BCUT2D eigenvalue weighted by molar-refractivity contribution is 6.39. The fourth-order valence-corrected chi connectivity index (χ4v) is 1.87. The summed E-state index contributed by atoms with van der Waals surface area (Å²) in [4.78, 5) is 25.6. The molecule has 7 heteroatoms. The standard InChI is InChI=1S/C13H18N4O3/c1-16-6-8-17(9-7-16)15-13(20)12(19)14-10-4-2-3-5-11(10)18/h2-5,18H,6-9H2,1H3,(H,14,19)(H,15,20). The zero-order valence-electron chi connectivity index (χ0n) is 11.3. The first-order chi connectivity index (χ1) is 9.56. The molecule has 1 aromatic rings. The topological polar surface area (TPSA) is 84.9 Å². The van der Waals surface area contributed by atoms with Crippen molar-refractivity contribution < 1.29 is 14.7 Å². The van der Waals surface area contributed by atoms with Crippen LogP contribution >= 0.6 is 0 Å². The van der Waals surface area contributed by atoms with Gasteiger partial charge in [-0.1, -0.05) is 12.1 Å². The van der Waals surface area contributed by atoms with Crippen molar-refractivity contribution >= 4 is 17.5 Å². The zero-order chi connectivity index (χ0) is 14.5. The molecule has 1 aliphatic rings. The van der Waals surface area contributed by atoms with E-state index in [1.165, 1.54) is 12.1 Å². The Morgan fingerprint density at radius 2 is 1.75 bits per heavy atom. The maximum absolute atomic E-state index is 11.7. The predicted molar refractivity (Wildman–Crippen MR) is 73.9 cm³/mol. The van der Waals surface area contributed by atoms with E-state index < -0.39 is 11.8 Å². The van der Waals surface area contributed by atoms with E-state index in [4.69, 9.17) is 0 Å². The van der Waals surface area contributed by atoms with E-state index in [9.17, 15) is 14.7 Å². The average Bonchev–Trinajstić information content (AvgIpc) is 2.44. The molecule has 1 aromatic carbocycles. The average molecular weight is 278 g/mol. The van der Waals surface area contributed by atoms with Crippen molar-refractivity contribution in [2.24, 2.45) is 0 Å². The monoisotopic (exact) mass is 278 g/mol. The normalized spacial score (nSPS) is 16.6. The number of benzene rings is 1. The molecule has 0 saturated carbocycles. The number of aromatic hydroxyl groups is 1. The summed E-state index contributed by atoms with van der Waals surface area (Å²) in [7, 11) is 2.00. The number of piperazine rings is 1. The van der Waals surface area contributed by atoms with Gasteiger partial charge in [0.25, 0.3) is 0 Å². The van der Waals surface area contributed by atoms with Gasteiger partial charge in [-0.3, -0.25) is 15.0 Å². The summed E-state index contributed by atoms with van der Waals surface area (Å²) in [5.41, 5.74) is 2.77. The first-order valence-corrected chi connectivity index (χ1v) is 6.39. The number of nitrogens with zero attached hydrogens (tertiary/aromatic N) is 2. The third-order valence-corrected chi connectivity index (χ3v) is 3.12. The minimum atomic E-state index is -0.801. The van der Waals surface area contributed by atoms with Gasteiger partial charge in [-0.2, -0.15) is 0 Å². The van der Waals surface area contributed by atoms with Gasteiger partial charge in [0.05, 0.1) is 5.69 Å². The molecule has 20 heavy (non-hydrogen) atoms. The summed E-state index contributed by atoms with van der Waals surface area (Å²) in [6.45, 7) is 3.01. The number of hydrogen-bond donors (Lipinski definition) is 3. The Morgan fingerprint density at radius 1 is 1.10 bits per heavy atom. The smallest absolute Gasteiger partial charge is 0.323 e. The number of phenols is 1. The van der Waals surface area contributed by atoms with Crippen LogP contribution in [0.4, 0.5) is 5.69 Å². The lowest BCUT2D eigenvalue weighted by molar-refractivity contribution is -0.139. The van der Waals surface area contributed by atoms with Crippen LogP contribution in [0.15, 0.2) is 24.3 Å². The van der Waals surface area contributed by atoms with Gasteiger partial charge in [-0.15, -0.1) is 0 Å². The molecule has 2 amide bonds. The summed E-state index contributed by atoms with van der Waals surface area (Å²) in [6.07, 6.45) is 0. The largest absolute Gasteiger partial charge is 0.506 e. The van der Waals surface area contributed by atoms with E-state index in [0.717, 1.165) is 13.1 Å². The van der Waals surface area contributed by atoms with Crippen LogP contribution in [-0.4, -0.2) is 60.1 Å². The van der Waals surface area contributed by atoms with E-state index in [-0.39, 0.29) is 11.4 Å². The highest BCUT2D eigenvalue weighted by atomic mass is 16.3. The fourth-order valence-electron chi connectivity index (χ4n) is 1.87. The summed E-state index contributed by atoms with van der Waals surface area (Å²) in [5, 5.41) is 13.6. The summed E-state index contributed by atoms with van der Waals surface area (Å²) >= 11 is 0. The maximum atomic E-state index is 11.7. The molecule has 0 aliphatic carbocycles. The van der Waals surface area contributed by atoms with Gasteiger partial charge in [0, 0.05) is 26.2 Å². The highest BCUT2D eigenvalue weighted by Crippen LogP contribution is 2.21. The Labute approximate surface area is 117 Å². The van der Waals surface area contributed by atoms with Crippen LogP contribution in [0.3, 0.4) is 0 Å². The minimum absolute atomic E-state index is 0.0757. The molecule has 108 valence electrons. The fraction of sp³-hybridized carbons (Fsp3) is 0.385. The van der Waals surface area contributed by atoms with Gasteiger partial charge in [-0.25, -0.2) is 5.01 Å². The molecule has 0 spiro atoms. The number of phenolic OH excluding ortho intramolecular Hbond substituents is 1. The number of hydrogen-bond acceptors (Lipinski definition) is 5. The van der Waals surface area contributed by atoms with Crippen molar-refractivity contribution in [2.45, 2.75) is 0 Å². The second-order valence-corrected chi connectivity index (χ2v) is 4.70. The van der Waals surface area contributed by atoms with Crippen molar-refractivity contribution in [3.05, 3.63) is 24.3 Å². The number of likely N-dealkylation sites (N-methyl/N-ethyl adjacent to an activating group) is 1. The van der Waals surface area contributed by atoms with Gasteiger partial charge in [0.1, 0.15) is 5.75 Å². The van der Waals surface area contributed by atoms with Gasteiger partial charge in [0.2, 0.25) is 0 Å². The molecule has 1 heterocycles. The molecule has 0 bridgehead atoms. The molecule has 1 aliphatic heterocycles. The molecule has 0 aromatic heterocycles. The van der Waals surface area contributed by atoms with Crippen LogP contribution in [0.5, 0.6) is 5.75 Å². The molecule has 3 N–H and O–H groups in total. The van der Waals surface area contributed by atoms with E-state index in [2.05, 4.69) is 15.6 Å². The van der Waals surface area contributed by atoms with Crippen LogP contribution < -0.4 is 10.7 Å². The van der Waals surface area contributed by atoms with Gasteiger partial charge in [-0.05, 0) is 19.2 Å². The van der Waals surface area contributed by atoms with Crippen LogP contribution in [0.25, 0.3) is 0 Å². The van der Waals surface area contributed by atoms with Gasteiger partial charge < -0.3 is 15.3 Å². The number of carbonyl (C=O) groups excluding carboxylic acids is 2. The SMILES string of the molecule is CN1CCN(NC(=O)C(=O)Nc2ccccc2O)CC1. The van der Waals surface area contributed by atoms with E-state index >= 15 is 0 Å². The Kier molecular flexibility index (Phi) is 4.54. The first-order valence-electron chi connectivity index (χ1n) is 6.39. The number of carbonyl (C=O) groups is 2.